The molecular formula is C30H39N3O8. The zero-order valence-corrected chi connectivity index (χ0v) is 24.2. The molecule has 1 heterocycles. The number of aliphatic hydroxyl groups is 1. The predicted octanol–water partition coefficient (Wildman–Crippen LogP) is 0.354. The summed E-state index contributed by atoms with van der Waals surface area (Å²) in [5, 5.41) is 22.8. The van der Waals surface area contributed by atoms with Gasteiger partial charge in [-0.3, -0.25) is 33.8 Å². The molecule has 0 bridgehead atoms. The van der Waals surface area contributed by atoms with Crippen molar-refractivity contribution in [1.82, 2.24) is 9.80 Å². The van der Waals surface area contributed by atoms with Crippen molar-refractivity contribution in [2.24, 2.45) is 41.2 Å². The maximum absolute atomic E-state index is 14.0. The van der Waals surface area contributed by atoms with Gasteiger partial charge in [0.2, 0.25) is 5.91 Å². The number of carbonyl (C=O) groups is 5. The van der Waals surface area contributed by atoms with Crippen molar-refractivity contribution in [3.05, 3.63) is 22.8 Å². The Labute approximate surface area is 239 Å². The SMILES string of the molecule is COc1c(CN2CC(C)CC(C)C2)cc(O)c2c1C[C@H]1C[C@H]3[C@H](N(C)C)C(=O)C(C(N)=O)C(=O)[C@@]3(O)C(=O)C1C2=O. The van der Waals surface area contributed by atoms with E-state index >= 15 is 0 Å². The number of phenols is 1. The van der Waals surface area contributed by atoms with E-state index in [0.29, 0.717) is 29.7 Å². The van der Waals surface area contributed by atoms with Gasteiger partial charge in [-0.15, -0.1) is 0 Å². The largest absolute Gasteiger partial charge is 0.507 e. The highest BCUT2D eigenvalue weighted by Crippen LogP contribution is 2.52. The maximum atomic E-state index is 14.0. The first-order valence-electron chi connectivity index (χ1n) is 14.2. The molecule has 3 aliphatic carbocycles. The third kappa shape index (κ3) is 4.40. The van der Waals surface area contributed by atoms with Crippen LogP contribution in [0.5, 0.6) is 11.5 Å². The van der Waals surface area contributed by atoms with Crippen molar-refractivity contribution >= 4 is 29.0 Å². The molecule has 1 aromatic rings. The van der Waals surface area contributed by atoms with E-state index < -0.39 is 64.4 Å². The summed E-state index contributed by atoms with van der Waals surface area (Å²) in [6, 6.07) is 0.363. The van der Waals surface area contributed by atoms with Crippen LogP contribution in [0.1, 0.15) is 48.2 Å². The molecule has 41 heavy (non-hydrogen) atoms. The van der Waals surface area contributed by atoms with E-state index in [1.165, 1.54) is 18.1 Å². The van der Waals surface area contributed by atoms with Crippen LogP contribution in [-0.4, -0.2) is 95.0 Å². The predicted molar refractivity (Wildman–Crippen MR) is 146 cm³/mol. The lowest BCUT2D eigenvalue weighted by Crippen LogP contribution is -2.74. The highest BCUT2D eigenvalue weighted by Gasteiger charge is 2.69. The van der Waals surface area contributed by atoms with Gasteiger partial charge in [-0.05, 0) is 57.2 Å². The first-order chi connectivity index (χ1) is 19.2. The smallest absolute Gasteiger partial charge is 0.235 e. The summed E-state index contributed by atoms with van der Waals surface area (Å²) in [5.41, 5.74) is 3.78. The number of Topliss-reactive ketones (excluding diaryl/α,β-unsaturated/α-hetero) is 4. The fourth-order valence-corrected chi connectivity index (χ4v) is 8.25. The Morgan fingerprint density at radius 1 is 1.12 bits per heavy atom. The number of fused-ring (bicyclic) bond motifs is 3. The van der Waals surface area contributed by atoms with Gasteiger partial charge in [0, 0.05) is 36.7 Å². The summed E-state index contributed by atoms with van der Waals surface area (Å²) in [6.45, 7) is 6.71. The number of aromatic hydroxyl groups is 1. The lowest BCUT2D eigenvalue weighted by Gasteiger charge is -2.52. The molecule has 1 amide bonds. The molecule has 1 aromatic carbocycles. The van der Waals surface area contributed by atoms with E-state index in [-0.39, 0.29) is 24.2 Å². The Kier molecular flexibility index (Phi) is 7.36. The summed E-state index contributed by atoms with van der Waals surface area (Å²) in [4.78, 5) is 70.4. The van der Waals surface area contributed by atoms with E-state index in [9.17, 15) is 34.2 Å². The lowest BCUT2D eigenvalue weighted by molar-refractivity contribution is -0.181. The number of rotatable bonds is 5. The number of nitrogens with zero attached hydrogens (tertiary/aromatic N) is 2. The second kappa shape index (κ2) is 10.3. The summed E-state index contributed by atoms with van der Waals surface area (Å²) in [7, 11) is 4.62. The quantitative estimate of drug-likeness (QED) is 0.421. The molecule has 1 saturated heterocycles. The minimum absolute atomic E-state index is 0.000800. The minimum Gasteiger partial charge on any atom is -0.507 e. The van der Waals surface area contributed by atoms with Crippen molar-refractivity contribution < 1.29 is 38.9 Å². The minimum atomic E-state index is -2.74. The molecule has 0 spiro atoms. The topological polar surface area (TPSA) is 168 Å². The highest BCUT2D eigenvalue weighted by molar-refractivity contribution is 6.32. The van der Waals surface area contributed by atoms with Crippen LogP contribution >= 0.6 is 0 Å². The van der Waals surface area contributed by atoms with Gasteiger partial charge < -0.3 is 20.7 Å². The third-order valence-electron chi connectivity index (χ3n) is 9.63. The van der Waals surface area contributed by atoms with Crippen LogP contribution in [0, 0.1) is 35.5 Å². The van der Waals surface area contributed by atoms with E-state index in [4.69, 9.17) is 10.5 Å². The number of ether oxygens (including phenoxy) is 1. The molecule has 2 saturated carbocycles. The number of primary amides is 1. The summed E-state index contributed by atoms with van der Waals surface area (Å²) in [6.07, 6.45) is 1.31. The van der Waals surface area contributed by atoms with Crippen LogP contribution in [-0.2, 0) is 32.1 Å². The van der Waals surface area contributed by atoms with Crippen molar-refractivity contribution in [3.63, 3.8) is 0 Å². The number of amides is 1. The first kappa shape index (κ1) is 29.3. The number of benzene rings is 1. The van der Waals surface area contributed by atoms with Gasteiger partial charge in [-0.1, -0.05) is 13.8 Å². The fourth-order valence-electron chi connectivity index (χ4n) is 8.25. The number of likely N-dealkylation sites (N-methyl/N-ethyl adjacent to an activating group) is 1. The number of piperidine rings is 1. The number of nitrogens with two attached hydrogens (primary N) is 1. The molecule has 3 fully saturated rings. The molecule has 4 aliphatic rings. The molecule has 222 valence electrons. The summed E-state index contributed by atoms with van der Waals surface area (Å²) in [5.74, 6) is -9.08. The first-order valence-corrected chi connectivity index (χ1v) is 14.2. The number of phenolic OH excluding ortho intramolecular Hbond substituents is 1. The molecule has 8 atom stereocenters. The number of hydrogen-bond acceptors (Lipinski definition) is 10. The zero-order chi connectivity index (χ0) is 30.1. The molecule has 0 aromatic heterocycles. The van der Waals surface area contributed by atoms with E-state index in [1.807, 2.05) is 0 Å². The van der Waals surface area contributed by atoms with Crippen LogP contribution in [0.2, 0.25) is 0 Å². The monoisotopic (exact) mass is 569 g/mol. The van der Waals surface area contributed by atoms with Crippen molar-refractivity contribution in [1.29, 1.82) is 0 Å². The van der Waals surface area contributed by atoms with Crippen LogP contribution in [0.25, 0.3) is 0 Å². The Balaban J connectivity index is 1.57. The Hall–Kier alpha value is -3.15. The molecule has 11 nitrogen and oxygen atoms in total. The van der Waals surface area contributed by atoms with Crippen molar-refractivity contribution in [2.75, 3.05) is 34.3 Å². The number of likely N-dealkylation sites (tertiary alicyclic amines) is 1. The van der Waals surface area contributed by atoms with Gasteiger partial charge in [-0.2, -0.15) is 0 Å². The number of ketones is 4. The van der Waals surface area contributed by atoms with Gasteiger partial charge in [0.05, 0.1) is 24.6 Å². The van der Waals surface area contributed by atoms with E-state index in [0.717, 1.165) is 25.1 Å². The molecule has 4 N–H and O–H groups in total. The maximum Gasteiger partial charge on any atom is 0.235 e. The molecule has 11 heteroatoms. The molecule has 1 aliphatic heterocycles. The average Bonchev–Trinajstić information content (AvgIpc) is 2.85. The molecule has 5 rings (SSSR count). The van der Waals surface area contributed by atoms with Gasteiger partial charge in [0.15, 0.2) is 34.7 Å². The van der Waals surface area contributed by atoms with Gasteiger partial charge in [0.25, 0.3) is 0 Å². The van der Waals surface area contributed by atoms with Crippen LogP contribution in [0.15, 0.2) is 6.07 Å². The normalized spacial score (nSPS) is 35.6. The average molecular weight is 570 g/mol. The summed E-state index contributed by atoms with van der Waals surface area (Å²) < 4.78 is 5.82. The number of methoxy groups -OCH3 is 1. The summed E-state index contributed by atoms with van der Waals surface area (Å²) >= 11 is 0. The standard InChI is InChI=1S/C30H39N3O8/c1-13-6-14(2)11-33(10-13)12-16-9-19(34)21-17(26(16)41-5)7-15-8-18-23(32(3)4)25(36)22(29(31)39)28(38)30(18,40)27(37)20(15)24(21)35/h9,13-15,18,20,22-23,34,40H,6-8,10-12H2,1-5H3,(H2,31,39)/t13?,14?,15-,18-,20?,22?,23-,30-/m0/s1. The van der Waals surface area contributed by atoms with Crippen molar-refractivity contribution in [2.45, 2.75) is 51.3 Å². The van der Waals surface area contributed by atoms with Crippen LogP contribution in [0.4, 0.5) is 0 Å². The Morgan fingerprint density at radius 2 is 1.76 bits per heavy atom. The van der Waals surface area contributed by atoms with E-state index in [1.54, 1.807) is 14.1 Å². The zero-order valence-electron chi connectivity index (χ0n) is 24.2. The van der Waals surface area contributed by atoms with Crippen LogP contribution in [0.3, 0.4) is 0 Å². The Bertz CT molecular complexity index is 1330. The lowest BCUT2D eigenvalue weighted by atomic mass is 9.52. The molecule has 4 unspecified atom stereocenters. The third-order valence-corrected chi connectivity index (χ3v) is 9.63. The highest BCUT2D eigenvalue weighted by atomic mass is 16.5. The number of carbonyl (C=O) groups excluding carboxylic acids is 5. The molecular weight excluding hydrogens is 530 g/mol. The second-order valence-corrected chi connectivity index (χ2v) is 12.9. The fraction of sp³-hybridized carbons (Fsp3) is 0.633. The van der Waals surface area contributed by atoms with Crippen LogP contribution < -0.4 is 10.5 Å². The van der Waals surface area contributed by atoms with E-state index in [2.05, 4.69) is 18.7 Å². The Morgan fingerprint density at radius 3 is 2.32 bits per heavy atom. The molecule has 0 radical (unpaired) electrons. The van der Waals surface area contributed by atoms with Gasteiger partial charge in [-0.25, -0.2) is 0 Å². The van der Waals surface area contributed by atoms with Gasteiger partial charge >= 0.3 is 0 Å². The number of hydrogen-bond donors (Lipinski definition) is 3. The van der Waals surface area contributed by atoms with Crippen molar-refractivity contribution in [3.8, 4) is 11.5 Å². The van der Waals surface area contributed by atoms with Gasteiger partial charge in [0.1, 0.15) is 11.5 Å². The second-order valence-electron chi connectivity index (χ2n) is 12.9.